The van der Waals surface area contributed by atoms with Gasteiger partial charge in [-0.3, -0.25) is 9.59 Å². The lowest BCUT2D eigenvalue weighted by atomic mass is 9.97. The van der Waals surface area contributed by atoms with E-state index in [-0.39, 0.29) is 12.6 Å². The minimum absolute atomic E-state index is 0.217. The third-order valence-electron chi connectivity index (χ3n) is 4.06. The summed E-state index contributed by atoms with van der Waals surface area (Å²) in [4.78, 5) is 23.9. The molecule has 1 atom stereocenters. The van der Waals surface area contributed by atoms with Crippen LogP contribution in [-0.4, -0.2) is 25.0 Å². The maximum Gasteiger partial charge on any atom is 0.313 e. The van der Waals surface area contributed by atoms with Gasteiger partial charge in [0.15, 0.2) is 0 Å². The summed E-state index contributed by atoms with van der Waals surface area (Å²) in [6.45, 7) is 2.85. The summed E-state index contributed by atoms with van der Waals surface area (Å²) >= 11 is 0. The molecule has 0 unspecified atom stereocenters. The van der Waals surface area contributed by atoms with E-state index in [1.54, 1.807) is 12.1 Å². The standard InChI is InChI=1S/C19H20N2O3/c1-13-6-8-15(9-7-13)21-19(23)18(22)20-12-17-16-5-3-2-4-14(16)10-11-24-17/h2-9,17H,10-12H2,1H3,(H,20,22)(H,21,23)/t17-/m0/s1. The van der Waals surface area contributed by atoms with Crippen LogP contribution in [-0.2, 0) is 20.7 Å². The highest BCUT2D eigenvalue weighted by Gasteiger charge is 2.22. The van der Waals surface area contributed by atoms with Crippen molar-refractivity contribution in [2.24, 2.45) is 0 Å². The lowest BCUT2D eigenvalue weighted by Gasteiger charge is -2.26. The van der Waals surface area contributed by atoms with Crippen LogP contribution in [0, 0.1) is 6.92 Å². The molecular weight excluding hydrogens is 304 g/mol. The lowest BCUT2D eigenvalue weighted by Crippen LogP contribution is -2.38. The highest BCUT2D eigenvalue weighted by Crippen LogP contribution is 2.26. The van der Waals surface area contributed by atoms with E-state index in [1.165, 1.54) is 5.56 Å². The summed E-state index contributed by atoms with van der Waals surface area (Å²) in [5, 5.41) is 5.23. The third kappa shape index (κ3) is 3.81. The van der Waals surface area contributed by atoms with E-state index in [0.29, 0.717) is 12.3 Å². The van der Waals surface area contributed by atoms with E-state index in [1.807, 2.05) is 37.3 Å². The molecule has 1 aliphatic heterocycles. The van der Waals surface area contributed by atoms with Crippen LogP contribution in [0.25, 0.3) is 0 Å². The highest BCUT2D eigenvalue weighted by atomic mass is 16.5. The van der Waals surface area contributed by atoms with Crippen molar-refractivity contribution in [3.63, 3.8) is 0 Å². The van der Waals surface area contributed by atoms with Crippen LogP contribution in [0.3, 0.4) is 0 Å². The molecule has 5 heteroatoms. The number of carbonyl (C=O) groups excluding carboxylic acids is 2. The van der Waals surface area contributed by atoms with Gasteiger partial charge < -0.3 is 15.4 Å². The van der Waals surface area contributed by atoms with Crippen LogP contribution in [0.4, 0.5) is 5.69 Å². The minimum Gasteiger partial charge on any atom is -0.371 e. The molecule has 0 aliphatic carbocycles. The minimum atomic E-state index is -0.678. The molecule has 0 saturated heterocycles. The highest BCUT2D eigenvalue weighted by molar-refractivity contribution is 6.39. The van der Waals surface area contributed by atoms with Gasteiger partial charge in [-0.2, -0.15) is 0 Å². The molecule has 0 spiro atoms. The number of amides is 2. The Kier molecular flexibility index (Phi) is 4.91. The van der Waals surface area contributed by atoms with E-state index >= 15 is 0 Å². The van der Waals surface area contributed by atoms with Gasteiger partial charge in [0.2, 0.25) is 0 Å². The van der Waals surface area contributed by atoms with Crippen molar-refractivity contribution < 1.29 is 14.3 Å². The molecule has 1 aliphatic rings. The second kappa shape index (κ2) is 7.27. The van der Waals surface area contributed by atoms with Crippen molar-refractivity contribution >= 4 is 17.5 Å². The van der Waals surface area contributed by atoms with Crippen molar-refractivity contribution in [2.45, 2.75) is 19.4 Å². The number of anilines is 1. The first-order chi connectivity index (χ1) is 11.6. The topological polar surface area (TPSA) is 67.4 Å². The maximum absolute atomic E-state index is 12.0. The van der Waals surface area contributed by atoms with Crippen LogP contribution >= 0.6 is 0 Å². The van der Waals surface area contributed by atoms with Gasteiger partial charge in [-0.1, -0.05) is 42.0 Å². The number of fused-ring (bicyclic) bond motifs is 1. The van der Waals surface area contributed by atoms with E-state index in [0.717, 1.165) is 17.5 Å². The van der Waals surface area contributed by atoms with Crippen LogP contribution in [0.1, 0.15) is 22.8 Å². The summed E-state index contributed by atoms with van der Waals surface area (Å²) < 4.78 is 5.72. The van der Waals surface area contributed by atoms with Crippen LogP contribution in [0.2, 0.25) is 0 Å². The molecule has 2 aromatic carbocycles. The molecule has 0 radical (unpaired) electrons. The number of benzene rings is 2. The normalized spacial score (nSPS) is 16.1. The molecule has 2 N–H and O–H groups in total. The van der Waals surface area contributed by atoms with Gasteiger partial charge in [-0.15, -0.1) is 0 Å². The molecule has 2 amide bonds. The number of rotatable bonds is 3. The van der Waals surface area contributed by atoms with Gasteiger partial charge in [0.25, 0.3) is 0 Å². The zero-order valence-corrected chi connectivity index (χ0v) is 13.5. The monoisotopic (exact) mass is 324 g/mol. The number of carbonyl (C=O) groups is 2. The van der Waals surface area contributed by atoms with Crippen molar-refractivity contribution in [1.29, 1.82) is 0 Å². The molecule has 0 saturated carbocycles. The number of hydrogen-bond acceptors (Lipinski definition) is 3. The van der Waals surface area contributed by atoms with Gasteiger partial charge in [0, 0.05) is 12.2 Å². The smallest absolute Gasteiger partial charge is 0.313 e. The predicted molar refractivity (Wildman–Crippen MR) is 91.7 cm³/mol. The van der Waals surface area contributed by atoms with Gasteiger partial charge in [0.1, 0.15) is 6.10 Å². The molecule has 0 bridgehead atoms. The number of nitrogens with one attached hydrogen (secondary N) is 2. The Balaban J connectivity index is 1.56. The van der Waals surface area contributed by atoms with Crippen LogP contribution < -0.4 is 10.6 Å². The zero-order chi connectivity index (χ0) is 16.9. The van der Waals surface area contributed by atoms with E-state index in [2.05, 4.69) is 16.7 Å². The molecule has 3 rings (SSSR count). The average Bonchev–Trinajstić information content (AvgIpc) is 2.61. The maximum atomic E-state index is 12.0. The average molecular weight is 324 g/mol. The van der Waals surface area contributed by atoms with Crippen LogP contribution in [0.15, 0.2) is 48.5 Å². The molecule has 0 fully saturated rings. The van der Waals surface area contributed by atoms with Gasteiger partial charge in [0.05, 0.1) is 6.61 Å². The molecule has 1 heterocycles. The van der Waals surface area contributed by atoms with Gasteiger partial charge in [-0.05, 0) is 36.6 Å². The number of aryl methyl sites for hydroxylation is 1. The summed E-state index contributed by atoms with van der Waals surface area (Å²) in [6, 6.07) is 15.3. The van der Waals surface area contributed by atoms with E-state index < -0.39 is 11.8 Å². The van der Waals surface area contributed by atoms with Gasteiger partial charge in [-0.25, -0.2) is 0 Å². The molecule has 0 aromatic heterocycles. The summed E-state index contributed by atoms with van der Waals surface area (Å²) in [6.07, 6.45) is 0.653. The number of hydrogen-bond donors (Lipinski definition) is 2. The molecular formula is C19H20N2O3. The summed E-state index contributed by atoms with van der Waals surface area (Å²) in [5.41, 5.74) is 3.99. The quantitative estimate of drug-likeness (QED) is 0.852. The first-order valence-electron chi connectivity index (χ1n) is 7.99. The Hall–Kier alpha value is -2.66. The Morgan fingerprint density at radius 1 is 1.08 bits per heavy atom. The lowest BCUT2D eigenvalue weighted by molar-refractivity contribution is -0.136. The Bertz CT molecular complexity index is 741. The van der Waals surface area contributed by atoms with Crippen molar-refractivity contribution in [1.82, 2.24) is 5.32 Å². The molecule has 124 valence electrons. The van der Waals surface area contributed by atoms with Crippen LogP contribution in [0.5, 0.6) is 0 Å². The van der Waals surface area contributed by atoms with Crippen molar-refractivity contribution in [3.05, 3.63) is 65.2 Å². The number of ether oxygens (including phenoxy) is 1. The SMILES string of the molecule is Cc1ccc(NC(=O)C(=O)NC[C@@H]2OCCc3ccccc32)cc1. The van der Waals surface area contributed by atoms with E-state index in [4.69, 9.17) is 4.74 Å². The predicted octanol–water partition coefficient (Wildman–Crippen LogP) is 2.36. The Labute approximate surface area is 141 Å². The molecule has 24 heavy (non-hydrogen) atoms. The van der Waals surface area contributed by atoms with Crippen molar-refractivity contribution in [2.75, 3.05) is 18.5 Å². The first-order valence-corrected chi connectivity index (χ1v) is 7.99. The van der Waals surface area contributed by atoms with Gasteiger partial charge >= 0.3 is 11.8 Å². The summed E-state index contributed by atoms with van der Waals surface area (Å²) in [7, 11) is 0. The third-order valence-corrected chi connectivity index (χ3v) is 4.06. The largest absolute Gasteiger partial charge is 0.371 e. The zero-order valence-electron chi connectivity index (χ0n) is 13.5. The Morgan fingerprint density at radius 3 is 2.62 bits per heavy atom. The fourth-order valence-corrected chi connectivity index (χ4v) is 2.74. The fraction of sp³-hybridized carbons (Fsp3) is 0.263. The second-order valence-corrected chi connectivity index (χ2v) is 5.84. The first kappa shape index (κ1) is 16.2. The summed E-state index contributed by atoms with van der Waals surface area (Å²) in [5.74, 6) is -1.34. The molecule has 2 aromatic rings. The van der Waals surface area contributed by atoms with Crippen molar-refractivity contribution in [3.8, 4) is 0 Å². The van der Waals surface area contributed by atoms with E-state index in [9.17, 15) is 9.59 Å². The molecule has 5 nitrogen and oxygen atoms in total. The second-order valence-electron chi connectivity index (χ2n) is 5.84. The fourth-order valence-electron chi connectivity index (χ4n) is 2.74. The Morgan fingerprint density at radius 2 is 1.83 bits per heavy atom.